The predicted octanol–water partition coefficient (Wildman–Crippen LogP) is 1.24. The lowest BCUT2D eigenvalue weighted by Crippen LogP contribution is -2.11. The van der Waals surface area contributed by atoms with Crippen LogP contribution in [-0.4, -0.2) is 47.1 Å². The number of anilines is 1. The minimum Gasteiger partial charge on any atom is -0.399 e. The van der Waals surface area contributed by atoms with Gasteiger partial charge in [0.15, 0.2) is 5.82 Å². The van der Waals surface area contributed by atoms with Crippen LogP contribution in [0.3, 0.4) is 0 Å². The molecule has 0 unspecified atom stereocenters. The first kappa shape index (κ1) is 14.7. The molecule has 8 heteroatoms. The Bertz CT molecular complexity index is 561. The molecule has 0 aliphatic rings. The van der Waals surface area contributed by atoms with Crippen LogP contribution in [0.25, 0.3) is 11.4 Å². The zero-order valence-corrected chi connectivity index (χ0v) is 11.9. The van der Waals surface area contributed by atoms with Gasteiger partial charge in [-0.3, -0.25) is 0 Å². The van der Waals surface area contributed by atoms with Gasteiger partial charge in [0.2, 0.25) is 0 Å². The van der Waals surface area contributed by atoms with Gasteiger partial charge in [0.1, 0.15) is 0 Å². The number of tetrazole rings is 1. The molecule has 2 aromatic rings. The molecule has 1 aromatic heterocycles. The van der Waals surface area contributed by atoms with Crippen LogP contribution in [0.5, 0.6) is 0 Å². The predicted molar refractivity (Wildman–Crippen MR) is 75.4 cm³/mol. The number of benzene rings is 1. The highest BCUT2D eigenvalue weighted by molar-refractivity contribution is 6.33. The van der Waals surface area contributed by atoms with Gasteiger partial charge in [-0.25, -0.2) is 4.68 Å². The molecule has 0 fully saturated rings. The van der Waals surface area contributed by atoms with Crippen LogP contribution >= 0.6 is 11.6 Å². The molecule has 108 valence electrons. The molecular formula is C12H16ClN5O2. The number of hydrogen-bond acceptors (Lipinski definition) is 6. The molecule has 2 N–H and O–H groups in total. The SMILES string of the molecule is COCCOCCn1nnnc1-c1ccc(N)cc1Cl. The molecule has 0 aliphatic carbocycles. The van der Waals surface area contributed by atoms with Gasteiger partial charge in [0, 0.05) is 18.4 Å². The third-order valence-electron chi connectivity index (χ3n) is 2.65. The Morgan fingerprint density at radius 2 is 2.15 bits per heavy atom. The molecular weight excluding hydrogens is 282 g/mol. The maximum atomic E-state index is 6.16. The number of aromatic nitrogens is 4. The number of hydrogen-bond donors (Lipinski definition) is 1. The monoisotopic (exact) mass is 297 g/mol. The number of nitrogen functional groups attached to an aromatic ring is 1. The second-order valence-electron chi connectivity index (χ2n) is 4.07. The topological polar surface area (TPSA) is 88.1 Å². The quantitative estimate of drug-likeness (QED) is 0.611. The minimum absolute atomic E-state index is 0.494. The molecule has 0 spiro atoms. The highest BCUT2D eigenvalue weighted by Crippen LogP contribution is 2.27. The number of methoxy groups -OCH3 is 1. The van der Waals surface area contributed by atoms with Crippen LogP contribution in [0.4, 0.5) is 5.69 Å². The summed E-state index contributed by atoms with van der Waals surface area (Å²) in [6.45, 7) is 2.13. The number of nitrogens with two attached hydrogens (primary N) is 1. The lowest BCUT2D eigenvalue weighted by molar-refractivity contribution is 0.0654. The first-order chi connectivity index (χ1) is 9.72. The third-order valence-corrected chi connectivity index (χ3v) is 2.96. The fourth-order valence-electron chi connectivity index (χ4n) is 1.66. The van der Waals surface area contributed by atoms with Crippen LogP contribution in [0, 0.1) is 0 Å². The maximum absolute atomic E-state index is 6.16. The van der Waals surface area contributed by atoms with E-state index in [1.807, 2.05) is 0 Å². The summed E-state index contributed by atoms with van der Waals surface area (Å²) in [5.74, 6) is 0.588. The van der Waals surface area contributed by atoms with E-state index in [9.17, 15) is 0 Å². The van der Waals surface area contributed by atoms with Crippen molar-refractivity contribution in [3.05, 3.63) is 23.2 Å². The minimum atomic E-state index is 0.494. The summed E-state index contributed by atoms with van der Waals surface area (Å²) in [7, 11) is 1.63. The smallest absolute Gasteiger partial charge is 0.183 e. The molecule has 0 aliphatic heterocycles. The Balaban J connectivity index is 2.04. The van der Waals surface area contributed by atoms with E-state index in [0.717, 1.165) is 5.56 Å². The van der Waals surface area contributed by atoms with E-state index in [0.29, 0.717) is 42.9 Å². The normalized spacial score (nSPS) is 10.9. The largest absolute Gasteiger partial charge is 0.399 e. The van der Waals surface area contributed by atoms with Crippen molar-refractivity contribution in [3.63, 3.8) is 0 Å². The average molecular weight is 298 g/mol. The molecule has 0 amide bonds. The number of ether oxygens (including phenoxy) is 2. The molecule has 1 heterocycles. The van der Waals surface area contributed by atoms with Crippen molar-refractivity contribution in [1.82, 2.24) is 20.2 Å². The van der Waals surface area contributed by atoms with Crippen LogP contribution in [0.2, 0.25) is 5.02 Å². The van der Waals surface area contributed by atoms with Gasteiger partial charge >= 0.3 is 0 Å². The molecule has 0 saturated carbocycles. The number of nitrogens with zero attached hydrogens (tertiary/aromatic N) is 4. The van der Waals surface area contributed by atoms with E-state index in [4.69, 9.17) is 26.8 Å². The highest BCUT2D eigenvalue weighted by Gasteiger charge is 2.12. The molecule has 7 nitrogen and oxygen atoms in total. The average Bonchev–Trinajstić information content (AvgIpc) is 2.87. The molecule has 0 radical (unpaired) electrons. The van der Waals surface area contributed by atoms with Gasteiger partial charge in [0.25, 0.3) is 0 Å². The summed E-state index contributed by atoms with van der Waals surface area (Å²) in [6.07, 6.45) is 0. The first-order valence-electron chi connectivity index (χ1n) is 6.10. The van der Waals surface area contributed by atoms with Gasteiger partial charge < -0.3 is 15.2 Å². The number of halogens is 1. The Morgan fingerprint density at radius 1 is 1.30 bits per heavy atom. The lowest BCUT2D eigenvalue weighted by atomic mass is 10.2. The molecule has 0 bridgehead atoms. The van der Waals surface area contributed by atoms with Gasteiger partial charge in [-0.05, 0) is 28.6 Å². The fraction of sp³-hybridized carbons (Fsp3) is 0.417. The first-order valence-corrected chi connectivity index (χ1v) is 6.48. The van der Waals surface area contributed by atoms with Crippen LogP contribution in [0.1, 0.15) is 0 Å². The summed E-state index contributed by atoms with van der Waals surface area (Å²) in [5, 5.41) is 12.1. The molecule has 20 heavy (non-hydrogen) atoms. The highest BCUT2D eigenvalue weighted by atomic mass is 35.5. The van der Waals surface area contributed by atoms with E-state index < -0.39 is 0 Å². The lowest BCUT2D eigenvalue weighted by Gasteiger charge is -2.07. The Morgan fingerprint density at radius 3 is 2.90 bits per heavy atom. The zero-order valence-electron chi connectivity index (χ0n) is 11.1. The Kier molecular flexibility index (Phi) is 5.28. The molecule has 0 saturated heterocycles. The van der Waals surface area contributed by atoms with Crippen molar-refractivity contribution in [3.8, 4) is 11.4 Å². The van der Waals surface area contributed by atoms with Crippen molar-refractivity contribution < 1.29 is 9.47 Å². The van der Waals surface area contributed by atoms with Crippen molar-refractivity contribution in [1.29, 1.82) is 0 Å². The summed E-state index contributed by atoms with van der Waals surface area (Å²) in [4.78, 5) is 0. The van der Waals surface area contributed by atoms with Crippen LogP contribution in [0.15, 0.2) is 18.2 Å². The van der Waals surface area contributed by atoms with Crippen molar-refractivity contribution in [2.75, 3.05) is 32.7 Å². The van der Waals surface area contributed by atoms with E-state index in [-0.39, 0.29) is 0 Å². The van der Waals surface area contributed by atoms with E-state index in [1.54, 1.807) is 30.0 Å². The standard InChI is InChI=1S/C12H16ClN5O2/c1-19-6-7-20-5-4-18-12(15-16-17-18)10-3-2-9(14)8-11(10)13/h2-3,8H,4-7,14H2,1H3. The molecule has 1 aromatic carbocycles. The van der Waals surface area contributed by atoms with Gasteiger partial charge in [0.05, 0.1) is 31.4 Å². The van der Waals surface area contributed by atoms with E-state index in [1.165, 1.54) is 0 Å². The third kappa shape index (κ3) is 3.66. The second-order valence-corrected chi connectivity index (χ2v) is 4.48. The molecule has 0 atom stereocenters. The van der Waals surface area contributed by atoms with Crippen molar-refractivity contribution >= 4 is 17.3 Å². The van der Waals surface area contributed by atoms with Crippen molar-refractivity contribution in [2.24, 2.45) is 0 Å². The van der Waals surface area contributed by atoms with Crippen LogP contribution < -0.4 is 5.73 Å². The van der Waals surface area contributed by atoms with Gasteiger partial charge in [-0.15, -0.1) is 5.10 Å². The second kappa shape index (κ2) is 7.18. The van der Waals surface area contributed by atoms with Crippen molar-refractivity contribution in [2.45, 2.75) is 6.54 Å². The maximum Gasteiger partial charge on any atom is 0.183 e. The van der Waals surface area contributed by atoms with E-state index >= 15 is 0 Å². The summed E-state index contributed by atoms with van der Waals surface area (Å²) < 4.78 is 11.9. The van der Waals surface area contributed by atoms with E-state index in [2.05, 4.69) is 15.5 Å². The van der Waals surface area contributed by atoms with Gasteiger partial charge in [-0.2, -0.15) is 0 Å². The fourth-order valence-corrected chi connectivity index (χ4v) is 1.93. The zero-order chi connectivity index (χ0) is 14.4. The molecule has 2 rings (SSSR count). The number of rotatable bonds is 7. The van der Waals surface area contributed by atoms with Crippen LogP contribution in [-0.2, 0) is 16.0 Å². The Labute approximate surface area is 121 Å². The summed E-state index contributed by atoms with van der Waals surface area (Å²) in [6, 6.07) is 5.23. The Hall–Kier alpha value is -1.70. The summed E-state index contributed by atoms with van der Waals surface area (Å²) >= 11 is 6.16. The summed E-state index contributed by atoms with van der Waals surface area (Å²) in [5.41, 5.74) is 7.01. The van der Waals surface area contributed by atoms with Gasteiger partial charge in [-0.1, -0.05) is 11.6 Å².